The lowest BCUT2D eigenvalue weighted by Gasteiger charge is -2.29. The third kappa shape index (κ3) is 3.24. The molecule has 1 aliphatic heterocycles. The van der Waals surface area contributed by atoms with Crippen molar-refractivity contribution in [2.75, 3.05) is 6.54 Å². The number of nitrogens with two attached hydrogens (primary N) is 1. The van der Waals surface area contributed by atoms with Crippen LogP contribution in [0.15, 0.2) is 45.9 Å². The lowest BCUT2D eigenvalue weighted by molar-refractivity contribution is -0.137. The van der Waals surface area contributed by atoms with Crippen molar-refractivity contribution in [3.63, 3.8) is 0 Å². The molecular formula is C15H14F3N5O. The first kappa shape index (κ1) is 16.0. The Balaban J connectivity index is 1.89. The van der Waals surface area contributed by atoms with E-state index in [1.54, 1.807) is 11.8 Å². The highest BCUT2D eigenvalue weighted by Gasteiger charge is 2.31. The minimum absolute atomic E-state index is 0.163. The SMILES string of the molecule is CC1=C(c2ncco2)N=C(N)CN1Cc1cc(C(F)(F)F)ccn1. The zero-order valence-electron chi connectivity index (χ0n) is 12.7. The van der Waals surface area contributed by atoms with Crippen molar-refractivity contribution in [2.45, 2.75) is 19.6 Å². The third-order valence-corrected chi connectivity index (χ3v) is 3.56. The number of allylic oxidation sites excluding steroid dienone is 1. The number of pyridine rings is 1. The van der Waals surface area contributed by atoms with Gasteiger partial charge in [0, 0.05) is 11.9 Å². The fourth-order valence-corrected chi connectivity index (χ4v) is 2.38. The number of nitrogens with zero attached hydrogens (tertiary/aromatic N) is 4. The van der Waals surface area contributed by atoms with Gasteiger partial charge in [0.05, 0.1) is 30.5 Å². The number of amidine groups is 1. The molecular weight excluding hydrogens is 323 g/mol. The first-order valence-electron chi connectivity index (χ1n) is 7.05. The van der Waals surface area contributed by atoms with E-state index in [1.165, 1.54) is 12.5 Å². The molecule has 1 aliphatic rings. The number of hydrogen-bond donors (Lipinski definition) is 1. The van der Waals surface area contributed by atoms with E-state index >= 15 is 0 Å². The molecule has 0 aromatic carbocycles. The van der Waals surface area contributed by atoms with Gasteiger partial charge in [0.15, 0.2) is 0 Å². The van der Waals surface area contributed by atoms with Gasteiger partial charge in [0.1, 0.15) is 17.8 Å². The molecule has 6 nitrogen and oxygen atoms in total. The van der Waals surface area contributed by atoms with E-state index in [2.05, 4.69) is 15.0 Å². The maximum absolute atomic E-state index is 12.8. The molecule has 2 aromatic heterocycles. The van der Waals surface area contributed by atoms with Crippen LogP contribution in [0.3, 0.4) is 0 Å². The van der Waals surface area contributed by atoms with Crippen molar-refractivity contribution in [3.05, 3.63) is 53.6 Å². The maximum Gasteiger partial charge on any atom is 0.416 e. The Morgan fingerprint density at radius 1 is 1.29 bits per heavy atom. The molecule has 3 rings (SSSR count). The molecule has 0 unspecified atom stereocenters. The van der Waals surface area contributed by atoms with E-state index in [4.69, 9.17) is 10.2 Å². The predicted molar refractivity (Wildman–Crippen MR) is 80.4 cm³/mol. The Morgan fingerprint density at radius 3 is 2.75 bits per heavy atom. The summed E-state index contributed by atoms with van der Waals surface area (Å²) in [4.78, 5) is 14.1. The van der Waals surface area contributed by atoms with Gasteiger partial charge in [-0.15, -0.1) is 0 Å². The molecule has 0 spiro atoms. The number of rotatable bonds is 3. The van der Waals surface area contributed by atoms with Crippen molar-refractivity contribution in [1.82, 2.24) is 14.9 Å². The van der Waals surface area contributed by atoms with Crippen LogP contribution in [0, 0.1) is 0 Å². The maximum atomic E-state index is 12.8. The first-order valence-corrected chi connectivity index (χ1v) is 7.05. The Kier molecular flexibility index (Phi) is 4.00. The highest BCUT2D eigenvalue weighted by atomic mass is 19.4. The molecule has 0 bridgehead atoms. The molecule has 0 fully saturated rings. The van der Waals surface area contributed by atoms with Crippen molar-refractivity contribution in [2.24, 2.45) is 10.7 Å². The number of oxazole rings is 1. The van der Waals surface area contributed by atoms with Crippen molar-refractivity contribution < 1.29 is 17.6 Å². The molecule has 0 atom stereocenters. The van der Waals surface area contributed by atoms with Gasteiger partial charge >= 0.3 is 6.18 Å². The summed E-state index contributed by atoms with van der Waals surface area (Å²) >= 11 is 0. The minimum Gasteiger partial charge on any atom is -0.443 e. The Morgan fingerprint density at radius 2 is 2.08 bits per heavy atom. The van der Waals surface area contributed by atoms with E-state index in [1.807, 2.05) is 0 Å². The summed E-state index contributed by atoms with van der Waals surface area (Å²) in [7, 11) is 0. The summed E-state index contributed by atoms with van der Waals surface area (Å²) in [6.45, 7) is 2.23. The summed E-state index contributed by atoms with van der Waals surface area (Å²) in [5.74, 6) is 0.623. The smallest absolute Gasteiger partial charge is 0.416 e. The van der Waals surface area contributed by atoms with Gasteiger partial charge in [-0.1, -0.05) is 0 Å². The molecule has 2 N–H and O–H groups in total. The van der Waals surface area contributed by atoms with Crippen LogP contribution in [-0.4, -0.2) is 27.2 Å². The van der Waals surface area contributed by atoms with E-state index in [0.29, 0.717) is 23.1 Å². The number of alkyl halides is 3. The van der Waals surface area contributed by atoms with Crippen LogP contribution in [0.1, 0.15) is 24.1 Å². The average Bonchev–Trinajstić information content (AvgIpc) is 3.04. The van der Waals surface area contributed by atoms with Crippen LogP contribution >= 0.6 is 0 Å². The molecule has 0 saturated heterocycles. The molecule has 24 heavy (non-hydrogen) atoms. The number of halogens is 3. The van der Waals surface area contributed by atoms with Crippen molar-refractivity contribution in [1.29, 1.82) is 0 Å². The number of aliphatic imine (C=N–C) groups is 1. The van der Waals surface area contributed by atoms with Gasteiger partial charge in [-0.25, -0.2) is 9.98 Å². The fraction of sp³-hybridized carbons (Fsp3) is 0.267. The summed E-state index contributed by atoms with van der Waals surface area (Å²) < 4.78 is 43.7. The molecule has 9 heteroatoms. The molecule has 0 radical (unpaired) electrons. The first-order chi connectivity index (χ1) is 11.3. The topological polar surface area (TPSA) is 80.5 Å². The Bertz CT molecular complexity index is 796. The van der Waals surface area contributed by atoms with Gasteiger partial charge in [0.2, 0.25) is 5.89 Å². The molecule has 126 valence electrons. The highest BCUT2D eigenvalue weighted by Crippen LogP contribution is 2.30. The van der Waals surface area contributed by atoms with Crippen molar-refractivity contribution in [3.8, 4) is 0 Å². The summed E-state index contributed by atoms with van der Waals surface area (Å²) in [6.07, 6.45) is -0.370. The average molecular weight is 337 g/mol. The lowest BCUT2D eigenvalue weighted by Crippen LogP contribution is -2.36. The fourth-order valence-electron chi connectivity index (χ4n) is 2.38. The number of hydrogen-bond acceptors (Lipinski definition) is 6. The highest BCUT2D eigenvalue weighted by molar-refractivity contribution is 5.90. The van der Waals surface area contributed by atoms with Crippen molar-refractivity contribution >= 4 is 11.5 Å². The van der Waals surface area contributed by atoms with E-state index in [-0.39, 0.29) is 18.8 Å². The van der Waals surface area contributed by atoms with Gasteiger partial charge in [-0.2, -0.15) is 13.2 Å². The van der Waals surface area contributed by atoms with Crippen LogP contribution < -0.4 is 5.73 Å². The molecule has 0 saturated carbocycles. The van der Waals surface area contributed by atoms with Gasteiger partial charge in [-0.3, -0.25) is 4.98 Å². The van der Waals surface area contributed by atoms with Crippen LogP contribution in [0.5, 0.6) is 0 Å². The normalized spacial score (nSPS) is 15.7. The minimum atomic E-state index is -4.41. The molecule has 0 amide bonds. The number of aromatic nitrogens is 2. The van der Waals surface area contributed by atoms with E-state index < -0.39 is 11.7 Å². The van der Waals surface area contributed by atoms with Gasteiger partial charge < -0.3 is 15.1 Å². The van der Waals surface area contributed by atoms with Crippen LogP contribution in [-0.2, 0) is 12.7 Å². The Labute approximate surface area is 135 Å². The lowest BCUT2D eigenvalue weighted by atomic mass is 10.2. The molecule has 2 aromatic rings. The van der Waals surface area contributed by atoms with E-state index in [9.17, 15) is 13.2 Å². The second kappa shape index (κ2) is 5.99. The standard InChI is InChI=1S/C15H14F3N5O/c1-9-13(14-21-4-5-24-14)22-12(19)8-23(9)7-11-6-10(2-3-20-11)15(16,17)18/h2-6H,7-8H2,1H3,(H2,19,22). The van der Waals surface area contributed by atoms with Crippen LogP contribution in [0.25, 0.3) is 5.70 Å². The third-order valence-electron chi connectivity index (χ3n) is 3.56. The zero-order valence-corrected chi connectivity index (χ0v) is 12.7. The quantitative estimate of drug-likeness (QED) is 0.931. The van der Waals surface area contributed by atoms with Crippen LogP contribution in [0.4, 0.5) is 13.2 Å². The molecule has 0 aliphatic carbocycles. The second-order valence-electron chi connectivity index (χ2n) is 5.26. The van der Waals surface area contributed by atoms with Crippen LogP contribution in [0.2, 0.25) is 0 Å². The zero-order chi connectivity index (χ0) is 17.3. The second-order valence-corrected chi connectivity index (χ2v) is 5.26. The van der Waals surface area contributed by atoms with Gasteiger partial charge in [0.25, 0.3) is 0 Å². The monoisotopic (exact) mass is 337 g/mol. The van der Waals surface area contributed by atoms with Gasteiger partial charge in [-0.05, 0) is 19.1 Å². The van der Waals surface area contributed by atoms with E-state index in [0.717, 1.165) is 18.3 Å². The Hall–Kier alpha value is -2.84. The summed E-state index contributed by atoms with van der Waals surface area (Å²) in [5, 5.41) is 0. The molecule has 3 heterocycles. The largest absolute Gasteiger partial charge is 0.443 e. The summed E-state index contributed by atoms with van der Waals surface area (Å²) in [6, 6.07) is 1.97. The predicted octanol–water partition coefficient (Wildman–Crippen LogP) is 2.65. The summed E-state index contributed by atoms with van der Waals surface area (Å²) in [5.41, 5.74) is 6.54.